The lowest BCUT2D eigenvalue weighted by atomic mass is 10.1. The zero-order valence-corrected chi connectivity index (χ0v) is 20.7. The van der Waals surface area contributed by atoms with Crippen molar-refractivity contribution in [1.29, 1.82) is 0 Å². The molecule has 0 N–H and O–H groups in total. The van der Waals surface area contributed by atoms with E-state index < -0.39 is 11.1 Å². The highest BCUT2D eigenvalue weighted by Crippen LogP contribution is 2.35. The molecular weight excluding hydrogens is 481 g/mol. The molecule has 3 heterocycles. The number of carbonyl (C=O) groups is 3. The van der Waals surface area contributed by atoms with Gasteiger partial charge in [0.25, 0.3) is 11.1 Å². The summed E-state index contributed by atoms with van der Waals surface area (Å²) in [5.74, 6) is -1.02. The van der Waals surface area contributed by atoms with Crippen molar-refractivity contribution in [3.63, 3.8) is 0 Å². The van der Waals surface area contributed by atoms with E-state index in [-0.39, 0.29) is 23.2 Å². The third-order valence-electron chi connectivity index (χ3n) is 6.51. The second-order valence-electron chi connectivity index (χ2n) is 8.73. The largest absolute Gasteiger partial charge is 0.378 e. The van der Waals surface area contributed by atoms with Gasteiger partial charge in [0.2, 0.25) is 5.91 Å². The third kappa shape index (κ3) is 4.68. The summed E-state index contributed by atoms with van der Waals surface area (Å²) >= 11 is 0.833. The van der Waals surface area contributed by atoms with E-state index in [2.05, 4.69) is 6.92 Å². The normalized spacial score (nSPS) is 17.6. The number of rotatable bonds is 6. The minimum atomic E-state index is -0.478. The molecule has 2 aromatic carbocycles. The number of fused-ring (bicyclic) bond motifs is 1. The number of halogens is 1. The Bertz CT molecular complexity index is 1380. The third-order valence-corrected chi connectivity index (χ3v) is 7.42. The summed E-state index contributed by atoms with van der Waals surface area (Å²) < 4.78 is 21.7. The summed E-state index contributed by atoms with van der Waals surface area (Å²) in [6, 6.07) is 12.6. The van der Waals surface area contributed by atoms with E-state index in [1.807, 2.05) is 29.0 Å². The fraction of sp³-hybridized carbons (Fsp3) is 0.296. The molecule has 0 radical (unpaired) electrons. The fourth-order valence-corrected chi connectivity index (χ4v) is 5.46. The SMILES string of the molecule is CCc1cccc2c(/C=C3\SC(=O)N(CC(=O)N4CCOCC4)C3=O)cn(Cc3ccccc3F)c12. The molecule has 1 aromatic heterocycles. The highest BCUT2D eigenvalue weighted by molar-refractivity contribution is 8.18. The van der Waals surface area contributed by atoms with Crippen molar-refractivity contribution in [2.24, 2.45) is 0 Å². The van der Waals surface area contributed by atoms with E-state index in [4.69, 9.17) is 4.74 Å². The summed E-state index contributed by atoms with van der Waals surface area (Å²) in [7, 11) is 0. The van der Waals surface area contributed by atoms with E-state index in [0.717, 1.165) is 45.1 Å². The molecule has 0 atom stereocenters. The topological polar surface area (TPSA) is 71.9 Å². The standard InChI is InChI=1S/C27H26FN3O4S/c1-2-18-7-5-8-21-20(16-30(25(18)21)15-19-6-3-4-9-22(19)28)14-23-26(33)31(27(34)36-23)17-24(32)29-10-12-35-13-11-29/h3-9,14,16H,2,10-13,15,17H2,1H3/b23-14-. The molecule has 2 saturated heterocycles. The van der Waals surface area contributed by atoms with Crippen LogP contribution in [0.4, 0.5) is 9.18 Å². The van der Waals surface area contributed by atoms with Crippen molar-refractivity contribution in [2.45, 2.75) is 19.9 Å². The van der Waals surface area contributed by atoms with Gasteiger partial charge in [-0.3, -0.25) is 19.3 Å². The van der Waals surface area contributed by atoms with Gasteiger partial charge in [0.1, 0.15) is 12.4 Å². The van der Waals surface area contributed by atoms with Crippen molar-refractivity contribution in [1.82, 2.24) is 14.4 Å². The number of carbonyl (C=O) groups excluding carboxylic acids is 3. The van der Waals surface area contributed by atoms with Crippen LogP contribution in [0, 0.1) is 5.82 Å². The van der Waals surface area contributed by atoms with Crippen molar-refractivity contribution >= 4 is 45.8 Å². The summed E-state index contributed by atoms with van der Waals surface area (Å²) in [5, 5.41) is 0.457. The van der Waals surface area contributed by atoms with Crippen molar-refractivity contribution in [3.05, 3.63) is 76.1 Å². The van der Waals surface area contributed by atoms with Crippen LogP contribution in [0.2, 0.25) is 0 Å². The smallest absolute Gasteiger partial charge is 0.294 e. The lowest BCUT2D eigenvalue weighted by molar-refractivity contribution is -0.139. The van der Waals surface area contributed by atoms with Crippen molar-refractivity contribution in [2.75, 3.05) is 32.8 Å². The van der Waals surface area contributed by atoms with Crippen LogP contribution in [-0.2, 0) is 27.3 Å². The first-order valence-electron chi connectivity index (χ1n) is 11.9. The molecule has 0 saturated carbocycles. The molecule has 0 unspecified atom stereocenters. The molecule has 0 aliphatic carbocycles. The van der Waals surface area contributed by atoms with Crippen molar-refractivity contribution in [3.8, 4) is 0 Å². The van der Waals surface area contributed by atoms with Crippen molar-refractivity contribution < 1.29 is 23.5 Å². The quantitative estimate of drug-likeness (QED) is 0.466. The van der Waals surface area contributed by atoms with Crippen LogP contribution in [0.5, 0.6) is 0 Å². The summed E-state index contributed by atoms with van der Waals surface area (Å²) in [5.41, 5.74) is 3.40. The number of amides is 3. The molecule has 3 aromatic rings. The molecule has 0 bridgehead atoms. The maximum absolute atomic E-state index is 14.4. The van der Waals surface area contributed by atoms with E-state index in [9.17, 15) is 18.8 Å². The Hall–Kier alpha value is -3.43. The van der Waals surface area contributed by atoms with E-state index in [1.165, 1.54) is 6.07 Å². The van der Waals surface area contributed by atoms with E-state index in [1.54, 1.807) is 29.2 Å². The molecule has 186 valence electrons. The number of morpholine rings is 1. The summed E-state index contributed by atoms with van der Waals surface area (Å²) in [6.07, 6.45) is 4.38. The first kappa shape index (κ1) is 24.3. The van der Waals surface area contributed by atoms with Gasteiger partial charge in [-0.1, -0.05) is 43.3 Å². The molecule has 36 heavy (non-hydrogen) atoms. The number of imide groups is 1. The molecular formula is C27H26FN3O4S. The first-order chi connectivity index (χ1) is 17.5. The lowest BCUT2D eigenvalue weighted by Gasteiger charge is -2.28. The molecule has 9 heteroatoms. The predicted molar refractivity (Wildman–Crippen MR) is 137 cm³/mol. The monoisotopic (exact) mass is 507 g/mol. The van der Waals surface area contributed by atoms with Crippen LogP contribution in [0.25, 0.3) is 17.0 Å². The molecule has 3 amide bonds. The Balaban J connectivity index is 1.46. The molecule has 7 nitrogen and oxygen atoms in total. The molecule has 2 aliphatic rings. The minimum Gasteiger partial charge on any atom is -0.378 e. The van der Waals surface area contributed by atoms with Gasteiger partial charge in [0.15, 0.2) is 0 Å². The maximum Gasteiger partial charge on any atom is 0.294 e. The summed E-state index contributed by atoms with van der Waals surface area (Å²) in [4.78, 5) is 41.2. The Morgan fingerprint density at radius 2 is 1.83 bits per heavy atom. The van der Waals surface area contributed by atoms with Crippen LogP contribution in [0.15, 0.2) is 53.6 Å². The van der Waals surface area contributed by atoms with Gasteiger partial charge in [0.05, 0.1) is 30.2 Å². The number of benzene rings is 2. The number of ether oxygens (including phenoxy) is 1. The predicted octanol–water partition coefficient (Wildman–Crippen LogP) is 4.29. The van der Waals surface area contributed by atoms with Gasteiger partial charge in [-0.15, -0.1) is 0 Å². The zero-order valence-electron chi connectivity index (χ0n) is 19.9. The van der Waals surface area contributed by atoms with Crippen LogP contribution in [-0.4, -0.2) is 64.3 Å². The van der Waals surface area contributed by atoms with Gasteiger partial charge in [0, 0.05) is 35.8 Å². The maximum atomic E-state index is 14.4. The van der Waals surface area contributed by atoms with E-state index in [0.29, 0.717) is 38.4 Å². The van der Waals surface area contributed by atoms with Crippen LogP contribution >= 0.6 is 11.8 Å². The Kier molecular flexibility index (Phi) is 6.93. The number of hydrogen-bond donors (Lipinski definition) is 0. The number of hydrogen-bond acceptors (Lipinski definition) is 5. The van der Waals surface area contributed by atoms with Crippen LogP contribution in [0.3, 0.4) is 0 Å². The molecule has 5 rings (SSSR count). The van der Waals surface area contributed by atoms with Crippen LogP contribution in [0.1, 0.15) is 23.6 Å². The van der Waals surface area contributed by atoms with Gasteiger partial charge in [-0.2, -0.15) is 0 Å². The molecule has 2 aliphatic heterocycles. The van der Waals surface area contributed by atoms with Gasteiger partial charge >= 0.3 is 0 Å². The molecule has 0 spiro atoms. The zero-order chi connectivity index (χ0) is 25.2. The Morgan fingerprint density at radius 1 is 1.08 bits per heavy atom. The van der Waals surface area contributed by atoms with Gasteiger partial charge in [-0.05, 0) is 35.9 Å². The lowest BCUT2D eigenvalue weighted by Crippen LogP contribution is -2.46. The second kappa shape index (κ2) is 10.3. The first-order valence-corrected chi connectivity index (χ1v) is 12.7. The highest BCUT2D eigenvalue weighted by Gasteiger charge is 2.37. The van der Waals surface area contributed by atoms with Gasteiger partial charge in [-0.25, -0.2) is 4.39 Å². The number of para-hydroxylation sites is 1. The Labute approximate surface area is 212 Å². The van der Waals surface area contributed by atoms with E-state index >= 15 is 0 Å². The van der Waals surface area contributed by atoms with Crippen LogP contribution < -0.4 is 0 Å². The van der Waals surface area contributed by atoms with Gasteiger partial charge < -0.3 is 14.2 Å². The minimum absolute atomic E-state index is 0.265. The number of thioether (sulfide) groups is 1. The average Bonchev–Trinajstić information content (AvgIpc) is 3.37. The average molecular weight is 508 g/mol. The summed E-state index contributed by atoms with van der Waals surface area (Å²) in [6.45, 7) is 3.92. The highest BCUT2D eigenvalue weighted by atomic mass is 32.2. The number of aryl methyl sites for hydroxylation is 1. The number of aromatic nitrogens is 1. The number of nitrogens with zero attached hydrogens (tertiary/aromatic N) is 3. The Morgan fingerprint density at radius 3 is 2.58 bits per heavy atom. The second-order valence-corrected chi connectivity index (χ2v) is 9.72. The fourth-order valence-electron chi connectivity index (χ4n) is 4.63. The molecule has 2 fully saturated rings.